The number of aldehydes is 1. The molecule has 0 aliphatic heterocycles. The summed E-state index contributed by atoms with van der Waals surface area (Å²) in [5.74, 6) is 0.194. The summed E-state index contributed by atoms with van der Waals surface area (Å²) >= 11 is 0. The van der Waals surface area contributed by atoms with Crippen LogP contribution in [0, 0.1) is 5.92 Å². The Morgan fingerprint density at radius 2 is 2.09 bits per heavy atom. The Hall–Kier alpha value is -0.370. The molecule has 2 nitrogen and oxygen atoms in total. The minimum atomic E-state index is 0.194. The number of rotatable bonds is 6. The zero-order valence-electron chi connectivity index (χ0n) is 7.76. The molecule has 0 aromatic carbocycles. The second kappa shape index (κ2) is 6.35. The summed E-state index contributed by atoms with van der Waals surface area (Å²) in [5.41, 5.74) is 0. The lowest BCUT2D eigenvalue weighted by Gasteiger charge is -2.18. The SMILES string of the molecule is CCCC(C=O)C(C)NCC. The quantitative estimate of drug-likeness (QED) is 0.593. The zero-order chi connectivity index (χ0) is 8.69. The van der Waals surface area contributed by atoms with Gasteiger partial charge in [-0.2, -0.15) is 0 Å². The van der Waals surface area contributed by atoms with Crippen molar-refractivity contribution in [3.63, 3.8) is 0 Å². The molecule has 0 radical (unpaired) electrons. The molecule has 0 aliphatic rings. The van der Waals surface area contributed by atoms with Gasteiger partial charge in [0.15, 0.2) is 0 Å². The molecule has 66 valence electrons. The van der Waals surface area contributed by atoms with Crippen LogP contribution in [0.1, 0.15) is 33.6 Å². The summed E-state index contributed by atoms with van der Waals surface area (Å²) in [6.07, 6.45) is 3.15. The first kappa shape index (κ1) is 10.6. The summed E-state index contributed by atoms with van der Waals surface area (Å²) in [6.45, 7) is 7.17. The molecule has 2 unspecified atom stereocenters. The summed E-state index contributed by atoms with van der Waals surface area (Å²) in [5, 5.41) is 3.25. The Labute approximate surface area is 69.4 Å². The van der Waals surface area contributed by atoms with Crippen LogP contribution in [0.4, 0.5) is 0 Å². The Morgan fingerprint density at radius 1 is 1.45 bits per heavy atom. The Kier molecular flexibility index (Phi) is 6.13. The van der Waals surface area contributed by atoms with Gasteiger partial charge in [0.25, 0.3) is 0 Å². The van der Waals surface area contributed by atoms with E-state index in [9.17, 15) is 4.79 Å². The third kappa shape index (κ3) is 4.14. The molecule has 0 aromatic heterocycles. The van der Waals surface area contributed by atoms with Crippen LogP contribution in [0.15, 0.2) is 0 Å². The lowest BCUT2D eigenvalue weighted by atomic mass is 9.98. The van der Waals surface area contributed by atoms with Gasteiger partial charge in [-0.3, -0.25) is 0 Å². The van der Waals surface area contributed by atoms with E-state index in [1.165, 1.54) is 0 Å². The fraction of sp³-hybridized carbons (Fsp3) is 0.889. The summed E-state index contributed by atoms with van der Waals surface area (Å²) < 4.78 is 0. The molecular formula is C9H19NO. The molecule has 2 heteroatoms. The fourth-order valence-corrected chi connectivity index (χ4v) is 1.24. The van der Waals surface area contributed by atoms with Gasteiger partial charge in [-0.05, 0) is 19.9 Å². The number of hydrogen-bond donors (Lipinski definition) is 1. The zero-order valence-corrected chi connectivity index (χ0v) is 7.76. The highest BCUT2D eigenvalue weighted by Gasteiger charge is 2.13. The molecule has 0 fully saturated rings. The number of carbonyl (C=O) groups excluding carboxylic acids is 1. The van der Waals surface area contributed by atoms with Crippen LogP contribution in [0.2, 0.25) is 0 Å². The van der Waals surface area contributed by atoms with Crippen molar-refractivity contribution >= 4 is 6.29 Å². The third-order valence-electron chi connectivity index (χ3n) is 1.97. The highest BCUT2D eigenvalue weighted by Crippen LogP contribution is 2.07. The minimum absolute atomic E-state index is 0.194. The second-order valence-electron chi connectivity index (χ2n) is 2.93. The van der Waals surface area contributed by atoms with Crippen LogP contribution in [-0.2, 0) is 4.79 Å². The van der Waals surface area contributed by atoms with Crippen LogP contribution in [-0.4, -0.2) is 18.9 Å². The van der Waals surface area contributed by atoms with Gasteiger partial charge in [0.1, 0.15) is 6.29 Å². The van der Waals surface area contributed by atoms with Crippen LogP contribution in [0.5, 0.6) is 0 Å². The maximum Gasteiger partial charge on any atom is 0.124 e. The van der Waals surface area contributed by atoms with Gasteiger partial charge in [0.05, 0.1) is 0 Å². The van der Waals surface area contributed by atoms with Gasteiger partial charge in [0, 0.05) is 12.0 Å². The van der Waals surface area contributed by atoms with E-state index in [-0.39, 0.29) is 5.92 Å². The van der Waals surface area contributed by atoms with E-state index in [0.29, 0.717) is 6.04 Å². The fourth-order valence-electron chi connectivity index (χ4n) is 1.24. The van der Waals surface area contributed by atoms with E-state index >= 15 is 0 Å². The first-order chi connectivity index (χ1) is 5.26. The molecule has 0 amide bonds. The Morgan fingerprint density at radius 3 is 2.45 bits per heavy atom. The monoisotopic (exact) mass is 157 g/mol. The van der Waals surface area contributed by atoms with Crippen molar-refractivity contribution in [2.45, 2.75) is 39.7 Å². The van der Waals surface area contributed by atoms with Gasteiger partial charge in [-0.25, -0.2) is 0 Å². The highest BCUT2D eigenvalue weighted by atomic mass is 16.1. The average molecular weight is 157 g/mol. The van der Waals surface area contributed by atoms with E-state index in [1.807, 2.05) is 0 Å². The molecule has 0 spiro atoms. The van der Waals surface area contributed by atoms with Crippen molar-refractivity contribution in [1.29, 1.82) is 0 Å². The van der Waals surface area contributed by atoms with E-state index < -0.39 is 0 Å². The van der Waals surface area contributed by atoms with E-state index in [4.69, 9.17) is 0 Å². The van der Waals surface area contributed by atoms with Crippen LogP contribution < -0.4 is 5.32 Å². The third-order valence-corrected chi connectivity index (χ3v) is 1.97. The molecule has 0 rings (SSSR count). The van der Waals surface area contributed by atoms with Crippen molar-refractivity contribution in [3.8, 4) is 0 Å². The average Bonchev–Trinajstić information content (AvgIpc) is 2.00. The molecule has 0 aromatic rings. The molecule has 11 heavy (non-hydrogen) atoms. The summed E-state index contributed by atoms with van der Waals surface area (Å²) in [7, 11) is 0. The van der Waals surface area contributed by atoms with Gasteiger partial charge < -0.3 is 10.1 Å². The Bertz CT molecular complexity index is 104. The Balaban J connectivity index is 3.70. The van der Waals surface area contributed by atoms with Crippen LogP contribution in [0.3, 0.4) is 0 Å². The maximum absolute atomic E-state index is 10.6. The van der Waals surface area contributed by atoms with Crippen molar-refractivity contribution in [2.24, 2.45) is 5.92 Å². The topological polar surface area (TPSA) is 29.1 Å². The molecule has 0 saturated carbocycles. The maximum atomic E-state index is 10.6. The second-order valence-corrected chi connectivity index (χ2v) is 2.93. The molecule has 0 saturated heterocycles. The van der Waals surface area contributed by atoms with Crippen molar-refractivity contribution in [1.82, 2.24) is 5.32 Å². The smallest absolute Gasteiger partial charge is 0.124 e. The molecule has 2 atom stereocenters. The van der Waals surface area contributed by atoms with E-state index in [0.717, 1.165) is 25.7 Å². The first-order valence-electron chi connectivity index (χ1n) is 4.44. The number of nitrogens with one attached hydrogen (secondary N) is 1. The predicted molar refractivity (Wildman–Crippen MR) is 47.6 cm³/mol. The molecular weight excluding hydrogens is 138 g/mol. The van der Waals surface area contributed by atoms with E-state index in [1.54, 1.807) is 0 Å². The predicted octanol–water partition coefficient (Wildman–Crippen LogP) is 1.60. The lowest BCUT2D eigenvalue weighted by molar-refractivity contribution is -0.111. The lowest BCUT2D eigenvalue weighted by Crippen LogP contribution is -2.34. The van der Waals surface area contributed by atoms with Crippen molar-refractivity contribution < 1.29 is 4.79 Å². The summed E-state index contributed by atoms with van der Waals surface area (Å²) in [4.78, 5) is 10.6. The molecule has 0 heterocycles. The molecule has 0 bridgehead atoms. The highest BCUT2D eigenvalue weighted by molar-refractivity contribution is 5.54. The minimum Gasteiger partial charge on any atom is -0.314 e. The van der Waals surface area contributed by atoms with E-state index in [2.05, 4.69) is 26.1 Å². The van der Waals surface area contributed by atoms with Crippen molar-refractivity contribution in [2.75, 3.05) is 6.54 Å². The molecule has 1 N–H and O–H groups in total. The largest absolute Gasteiger partial charge is 0.314 e. The summed E-state index contributed by atoms with van der Waals surface area (Å²) in [6, 6.07) is 0.331. The van der Waals surface area contributed by atoms with Gasteiger partial charge >= 0.3 is 0 Å². The number of hydrogen-bond acceptors (Lipinski definition) is 2. The van der Waals surface area contributed by atoms with Crippen LogP contribution in [0.25, 0.3) is 0 Å². The van der Waals surface area contributed by atoms with Crippen molar-refractivity contribution in [3.05, 3.63) is 0 Å². The standard InChI is InChI=1S/C9H19NO/c1-4-6-9(7-11)8(3)10-5-2/h7-10H,4-6H2,1-3H3. The normalized spacial score (nSPS) is 15.9. The number of carbonyl (C=O) groups is 1. The molecule has 0 aliphatic carbocycles. The first-order valence-corrected chi connectivity index (χ1v) is 4.44. The van der Waals surface area contributed by atoms with Crippen LogP contribution >= 0.6 is 0 Å². The van der Waals surface area contributed by atoms with Gasteiger partial charge in [-0.1, -0.05) is 20.3 Å². The van der Waals surface area contributed by atoms with Gasteiger partial charge in [0.2, 0.25) is 0 Å². The van der Waals surface area contributed by atoms with Gasteiger partial charge in [-0.15, -0.1) is 0 Å².